The molecule has 18 heavy (non-hydrogen) atoms. The molecule has 98 valence electrons. The maximum Gasteiger partial charge on any atom is 0.326 e. The zero-order valence-corrected chi connectivity index (χ0v) is 11.0. The van der Waals surface area contributed by atoms with Crippen molar-refractivity contribution in [2.45, 2.75) is 38.1 Å². The van der Waals surface area contributed by atoms with Gasteiger partial charge in [-0.3, -0.25) is 0 Å². The normalized spacial score (nSPS) is 18.3. The predicted octanol–water partition coefficient (Wildman–Crippen LogP) is 3.79. The second-order valence-corrected chi connectivity index (χ2v) is 5.25. The summed E-state index contributed by atoms with van der Waals surface area (Å²) in [6.07, 6.45) is 5.43. The minimum Gasteiger partial charge on any atom is -0.480 e. The minimum atomic E-state index is -0.790. The quantitative estimate of drug-likeness (QED) is 0.873. The molecule has 1 aliphatic rings. The van der Waals surface area contributed by atoms with E-state index in [1.54, 1.807) is 6.07 Å². The van der Waals surface area contributed by atoms with Gasteiger partial charge in [0.25, 0.3) is 0 Å². The average Bonchev–Trinajstić information content (AvgIpc) is 2.38. The molecular weight excluding hydrogens is 250 g/mol. The summed E-state index contributed by atoms with van der Waals surface area (Å²) in [5.74, 6) is -0.589. The van der Waals surface area contributed by atoms with E-state index in [0.717, 1.165) is 25.7 Å². The van der Waals surface area contributed by atoms with Crippen LogP contribution in [-0.4, -0.2) is 17.1 Å². The van der Waals surface area contributed by atoms with Crippen LogP contribution in [0, 0.1) is 5.92 Å². The molecule has 1 unspecified atom stereocenters. The first-order valence-electron chi connectivity index (χ1n) is 6.42. The Morgan fingerprint density at radius 2 is 1.94 bits per heavy atom. The van der Waals surface area contributed by atoms with Crippen LogP contribution in [0.3, 0.4) is 0 Å². The fourth-order valence-corrected chi connectivity index (χ4v) is 2.78. The van der Waals surface area contributed by atoms with Gasteiger partial charge < -0.3 is 10.4 Å². The maximum atomic E-state index is 11.4. The van der Waals surface area contributed by atoms with Gasteiger partial charge in [0, 0.05) is 0 Å². The highest BCUT2D eigenvalue weighted by Crippen LogP contribution is 2.30. The summed E-state index contributed by atoms with van der Waals surface area (Å²) >= 11 is 6.06. The number of nitrogens with one attached hydrogen (secondary N) is 1. The Labute approximate surface area is 112 Å². The highest BCUT2D eigenvalue weighted by atomic mass is 35.5. The average molecular weight is 268 g/mol. The third-order valence-corrected chi connectivity index (χ3v) is 3.90. The van der Waals surface area contributed by atoms with Gasteiger partial charge in [-0.05, 0) is 30.9 Å². The first-order valence-corrected chi connectivity index (χ1v) is 6.80. The first-order chi connectivity index (χ1) is 8.68. The summed E-state index contributed by atoms with van der Waals surface area (Å²) in [6.45, 7) is 0. The van der Waals surface area contributed by atoms with Crippen LogP contribution in [0.2, 0.25) is 5.02 Å². The number of hydrogen-bond donors (Lipinski definition) is 2. The summed E-state index contributed by atoms with van der Waals surface area (Å²) in [4.78, 5) is 11.4. The maximum absolute atomic E-state index is 11.4. The van der Waals surface area contributed by atoms with E-state index in [1.807, 2.05) is 18.2 Å². The Kier molecular flexibility index (Phi) is 4.48. The van der Waals surface area contributed by atoms with E-state index in [2.05, 4.69) is 5.32 Å². The van der Waals surface area contributed by atoms with Gasteiger partial charge in [0.1, 0.15) is 6.04 Å². The molecule has 1 aliphatic carbocycles. The molecule has 1 atom stereocenters. The third-order valence-electron chi connectivity index (χ3n) is 3.57. The highest BCUT2D eigenvalue weighted by molar-refractivity contribution is 6.33. The Hall–Kier alpha value is -1.22. The van der Waals surface area contributed by atoms with Crippen LogP contribution in [0.15, 0.2) is 24.3 Å². The highest BCUT2D eigenvalue weighted by Gasteiger charge is 2.29. The number of carboxylic acid groups (broad SMARTS) is 1. The van der Waals surface area contributed by atoms with E-state index in [4.69, 9.17) is 11.6 Å². The number of carboxylic acids is 1. The van der Waals surface area contributed by atoms with Crippen LogP contribution in [-0.2, 0) is 4.79 Å². The van der Waals surface area contributed by atoms with Crippen LogP contribution in [0.25, 0.3) is 0 Å². The van der Waals surface area contributed by atoms with Gasteiger partial charge in [0.05, 0.1) is 10.7 Å². The predicted molar refractivity (Wildman–Crippen MR) is 73.1 cm³/mol. The fourth-order valence-electron chi connectivity index (χ4n) is 2.59. The van der Waals surface area contributed by atoms with Crippen LogP contribution in [0.4, 0.5) is 5.69 Å². The molecule has 1 aromatic rings. The van der Waals surface area contributed by atoms with Gasteiger partial charge in [0.2, 0.25) is 0 Å². The van der Waals surface area contributed by atoms with Crippen LogP contribution in [0.5, 0.6) is 0 Å². The molecule has 0 radical (unpaired) electrons. The van der Waals surface area contributed by atoms with Gasteiger partial charge in [-0.25, -0.2) is 4.79 Å². The Bertz CT molecular complexity index is 416. The number of benzene rings is 1. The monoisotopic (exact) mass is 267 g/mol. The van der Waals surface area contributed by atoms with Crippen molar-refractivity contribution in [2.75, 3.05) is 5.32 Å². The number of halogens is 1. The van der Waals surface area contributed by atoms with E-state index >= 15 is 0 Å². The molecule has 1 aromatic carbocycles. The number of carbonyl (C=O) groups is 1. The lowest BCUT2D eigenvalue weighted by Gasteiger charge is -2.29. The van der Waals surface area contributed by atoms with Gasteiger partial charge >= 0.3 is 5.97 Å². The topological polar surface area (TPSA) is 49.3 Å². The molecule has 0 amide bonds. The van der Waals surface area contributed by atoms with Crippen molar-refractivity contribution in [3.05, 3.63) is 29.3 Å². The van der Waals surface area contributed by atoms with Crippen LogP contribution < -0.4 is 5.32 Å². The van der Waals surface area contributed by atoms with Crippen molar-refractivity contribution in [2.24, 2.45) is 5.92 Å². The van der Waals surface area contributed by atoms with Crippen LogP contribution >= 0.6 is 11.6 Å². The smallest absolute Gasteiger partial charge is 0.326 e. The molecule has 0 aliphatic heterocycles. The molecule has 0 bridgehead atoms. The Balaban J connectivity index is 2.11. The van der Waals surface area contributed by atoms with Gasteiger partial charge in [-0.1, -0.05) is 43.0 Å². The summed E-state index contributed by atoms with van der Waals surface area (Å²) < 4.78 is 0. The van der Waals surface area contributed by atoms with Crippen molar-refractivity contribution in [3.8, 4) is 0 Å². The van der Waals surface area contributed by atoms with E-state index in [0.29, 0.717) is 10.7 Å². The summed E-state index contributed by atoms with van der Waals surface area (Å²) in [5.41, 5.74) is 0.706. The lowest BCUT2D eigenvalue weighted by molar-refractivity contribution is -0.139. The Morgan fingerprint density at radius 1 is 1.28 bits per heavy atom. The minimum absolute atomic E-state index is 0.201. The fraction of sp³-hybridized carbons (Fsp3) is 0.500. The summed E-state index contributed by atoms with van der Waals surface area (Å²) in [7, 11) is 0. The molecule has 2 N–H and O–H groups in total. The molecule has 2 rings (SSSR count). The lowest BCUT2D eigenvalue weighted by Crippen LogP contribution is -2.38. The molecule has 0 spiro atoms. The van der Waals surface area contributed by atoms with Gasteiger partial charge in [-0.15, -0.1) is 0 Å². The van der Waals surface area contributed by atoms with Gasteiger partial charge in [0.15, 0.2) is 0 Å². The van der Waals surface area contributed by atoms with Crippen molar-refractivity contribution in [3.63, 3.8) is 0 Å². The van der Waals surface area contributed by atoms with Crippen molar-refractivity contribution in [1.29, 1.82) is 0 Å². The van der Waals surface area contributed by atoms with Crippen molar-refractivity contribution < 1.29 is 9.90 Å². The standard InChI is InChI=1S/C14H18ClNO2/c15-11-8-4-5-9-12(11)16-13(14(17)18)10-6-2-1-3-7-10/h4-5,8-10,13,16H,1-3,6-7H2,(H,17,18). The molecule has 0 saturated heterocycles. The second kappa shape index (κ2) is 6.10. The summed E-state index contributed by atoms with van der Waals surface area (Å²) in [5, 5.41) is 13.0. The number of hydrogen-bond acceptors (Lipinski definition) is 2. The second-order valence-electron chi connectivity index (χ2n) is 4.84. The molecular formula is C14H18ClNO2. The van der Waals surface area contributed by atoms with E-state index in [1.165, 1.54) is 6.42 Å². The molecule has 0 heterocycles. The van der Waals surface area contributed by atoms with Crippen molar-refractivity contribution >= 4 is 23.3 Å². The van der Waals surface area contributed by atoms with E-state index in [9.17, 15) is 9.90 Å². The number of para-hydroxylation sites is 1. The molecule has 1 fully saturated rings. The number of rotatable bonds is 4. The largest absolute Gasteiger partial charge is 0.480 e. The zero-order valence-electron chi connectivity index (χ0n) is 10.2. The number of anilines is 1. The molecule has 1 saturated carbocycles. The van der Waals surface area contributed by atoms with E-state index in [-0.39, 0.29) is 5.92 Å². The first kappa shape index (κ1) is 13.2. The summed E-state index contributed by atoms with van der Waals surface area (Å²) in [6, 6.07) is 6.74. The molecule has 3 nitrogen and oxygen atoms in total. The SMILES string of the molecule is O=C(O)C(Nc1ccccc1Cl)C1CCCCC1. The van der Waals surface area contributed by atoms with Crippen molar-refractivity contribution in [1.82, 2.24) is 0 Å². The van der Waals surface area contributed by atoms with E-state index < -0.39 is 12.0 Å². The third kappa shape index (κ3) is 3.16. The molecule has 4 heteroatoms. The molecule has 0 aromatic heterocycles. The zero-order chi connectivity index (χ0) is 13.0. The Morgan fingerprint density at radius 3 is 2.56 bits per heavy atom. The van der Waals surface area contributed by atoms with Crippen LogP contribution in [0.1, 0.15) is 32.1 Å². The lowest BCUT2D eigenvalue weighted by atomic mass is 9.84. The van der Waals surface area contributed by atoms with Gasteiger partial charge in [-0.2, -0.15) is 0 Å². The number of aliphatic carboxylic acids is 1.